The van der Waals surface area contributed by atoms with Crippen molar-refractivity contribution in [3.05, 3.63) is 71.1 Å². The van der Waals surface area contributed by atoms with Crippen molar-refractivity contribution >= 4 is 23.2 Å². The Balaban J connectivity index is 1.25. The number of H-pyrrole nitrogens is 1. The molecule has 12 heteroatoms. The van der Waals surface area contributed by atoms with Gasteiger partial charge in [0.05, 0.1) is 31.0 Å². The standard InChI is InChI=1S/C26H25F2N9O/c1-15(18-4-5-24(30-10-18)37-12-19(27)11-31-37)6-21(38)26(28)13-36(14-26)25-20(9-29)16(2)7-22(33-25)32-23-8-17(3)34-35-23/h4-5,7-8,10-12,15H,6,13-14H2,1-3H3,(H2,32,33,34,35)/t15-/m1/s1. The van der Waals surface area contributed by atoms with Crippen LogP contribution in [0.2, 0.25) is 0 Å². The van der Waals surface area contributed by atoms with Crippen LogP contribution < -0.4 is 10.2 Å². The molecule has 10 nitrogen and oxygen atoms in total. The van der Waals surface area contributed by atoms with Gasteiger partial charge in [-0.2, -0.15) is 15.5 Å². The van der Waals surface area contributed by atoms with E-state index in [2.05, 4.69) is 36.7 Å². The van der Waals surface area contributed by atoms with Crippen LogP contribution in [0.3, 0.4) is 0 Å². The van der Waals surface area contributed by atoms with E-state index in [0.717, 1.165) is 17.5 Å². The van der Waals surface area contributed by atoms with Gasteiger partial charge in [0, 0.05) is 24.4 Å². The fourth-order valence-electron chi connectivity index (χ4n) is 4.41. The largest absolute Gasteiger partial charge is 0.348 e. The summed E-state index contributed by atoms with van der Waals surface area (Å²) in [5.74, 6) is 0.524. The van der Waals surface area contributed by atoms with Crippen LogP contribution in [0.25, 0.3) is 5.82 Å². The zero-order valence-electron chi connectivity index (χ0n) is 21.0. The van der Waals surface area contributed by atoms with Gasteiger partial charge in [-0.3, -0.25) is 9.89 Å². The summed E-state index contributed by atoms with van der Waals surface area (Å²) in [7, 11) is 0. The SMILES string of the molecule is Cc1cc(Nc2cc(C)c(C#N)c(N3CC(F)(C(=O)C[C@@H](C)c4ccc(-n5cc(F)cn5)nc4)C3)n2)n[nH]1. The van der Waals surface area contributed by atoms with Crippen molar-refractivity contribution in [3.8, 4) is 11.9 Å². The summed E-state index contributed by atoms with van der Waals surface area (Å²) in [6.07, 6.45) is 3.86. The normalized spacial score (nSPS) is 15.0. The van der Waals surface area contributed by atoms with E-state index in [1.165, 1.54) is 10.9 Å². The number of halogens is 2. The maximum atomic E-state index is 15.6. The first-order chi connectivity index (χ1) is 18.1. The molecule has 5 heterocycles. The van der Waals surface area contributed by atoms with Crippen molar-refractivity contribution in [1.29, 1.82) is 5.26 Å². The number of nitrogens with zero attached hydrogens (tertiary/aromatic N) is 7. The summed E-state index contributed by atoms with van der Waals surface area (Å²) in [6.45, 7) is 5.10. The van der Waals surface area contributed by atoms with Gasteiger partial charge in [-0.15, -0.1) is 0 Å². The van der Waals surface area contributed by atoms with E-state index in [0.29, 0.717) is 34.4 Å². The molecule has 5 rings (SSSR count). The zero-order chi connectivity index (χ0) is 27.0. The van der Waals surface area contributed by atoms with Crippen molar-refractivity contribution < 1.29 is 13.6 Å². The minimum atomic E-state index is -2.04. The fourth-order valence-corrected chi connectivity index (χ4v) is 4.41. The Morgan fingerprint density at radius 1 is 1.26 bits per heavy atom. The summed E-state index contributed by atoms with van der Waals surface area (Å²) in [5.41, 5.74) is 0.596. The van der Waals surface area contributed by atoms with Crippen LogP contribution in [-0.2, 0) is 4.79 Å². The molecule has 38 heavy (non-hydrogen) atoms. The minimum Gasteiger partial charge on any atom is -0.348 e. The molecule has 0 saturated carbocycles. The number of aryl methyl sites for hydroxylation is 2. The molecular weight excluding hydrogens is 492 g/mol. The maximum Gasteiger partial charge on any atom is 0.203 e. The summed E-state index contributed by atoms with van der Waals surface area (Å²) < 4.78 is 30.1. The summed E-state index contributed by atoms with van der Waals surface area (Å²) in [5, 5.41) is 23.6. The zero-order valence-corrected chi connectivity index (χ0v) is 21.0. The van der Waals surface area contributed by atoms with Crippen LogP contribution >= 0.6 is 0 Å². The number of nitrogens with one attached hydrogen (secondary N) is 2. The predicted molar refractivity (Wildman–Crippen MR) is 136 cm³/mol. The van der Waals surface area contributed by atoms with Crippen LogP contribution in [-0.4, -0.2) is 54.5 Å². The summed E-state index contributed by atoms with van der Waals surface area (Å²) in [4.78, 5) is 23.3. The van der Waals surface area contributed by atoms with E-state index in [9.17, 15) is 14.4 Å². The molecule has 0 aliphatic carbocycles. The molecule has 1 saturated heterocycles. The van der Waals surface area contributed by atoms with Crippen LogP contribution in [0.5, 0.6) is 0 Å². The first kappa shape index (κ1) is 25.0. The number of Topliss-reactive ketones (excluding diaryl/α,β-unsaturated/α-hetero) is 1. The summed E-state index contributed by atoms with van der Waals surface area (Å²) in [6, 6.07) is 9.11. The average molecular weight is 518 g/mol. The Labute approximate surface area is 217 Å². The fraction of sp³-hybridized carbons (Fsp3) is 0.308. The van der Waals surface area contributed by atoms with E-state index >= 15 is 4.39 Å². The van der Waals surface area contributed by atoms with Gasteiger partial charge in [0.2, 0.25) is 5.67 Å². The number of pyridine rings is 2. The number of carbonyl (C=O) groups is 1. The van der Waals surface area contributed by atoms with Crippen LogP contribution in [0.4, 0.5) is 26.2 Å². The third kappa shape index (κ3) is 4.82. The number of anilines is 3. The maximum absolute atomic E-state index is 15.6. The van der Waals surface area contributed by atoms with E-state index in [1.54, 1.807) is 36.2 Å². The quantitative estimate of drug-likeness (QED) is 0.358. The molecule has 0 radical (unpaired) electrons. The topological polar surface area (TPSA) is 128 Å². The van der Waals surface area contributed by atoms with Gasteiger partial charge in [0.25, 0.3) is 0 Å². The molecule has 194 valence electrons. The lowest BCUT2D eigenvalue weighted by atomic mass is 9.84. The monoisotopic (exact) mass is 517 g/mol. The highest BCUT2D eigenvalue weighted by Gasteiger charge is 2.51. The Bertz CT molecular complexity index is 1530. The molecule has 0 amide bonds. The second kappa shape index (κ2) is 9.66. The van der Waals surface area contributed by atoms with Crippen molar-refractivity contribution in [2.24, 2.45) is 0 Å². The second-order valence-electron chi connectivity index (χ2n) is 9.60. The molecule has 1 atom stereocenters. The van der Waals surface area contributed by atoms with Crippen LogP contribution in [0.15, 0.2) is 42.9 Å². The number of nitriles is 1. The summed E-state index contributed by atoms with van der Waals surface area (Å²) >= 11 is 0. The Hall–Kier alpha value is -4.66. The Kier molecular flexibility index (Phi) is 6.36. The molecule has 1 aliphatic heterocycles. The first-order valence-electron chi connectivity index (χ1n) is 12.0. The first-order valence-corrected chi connectivity index (χ1v) is 12.0. The van der Waals surface area contributed by atoms with Gasteiger partial charge < -0.3 is 10.2 Å². The van der Waals surface area contributed by atoms with Crippen molar-refractivity contribution in [2.45, 2.75) is 38.8 Å². The highest BCUT2D eigenvalue weighted by molar-refractivity contribution is 5.91. The van der Waals surface area contributed by atoms with Gasteiger partial charge in [0.1, 0.15) is 17.7 Å². The Morgan fingerprint density at radius 3 is 2.66 bits per heavy atom. The molecule has 4 aromatic heterocycles. The van der Waals surface area contributed by atoms with E-state index in [-0.39, 0.29) is 25.4 Å². The van der Waals surface area contributed by atoms with Gasteiger partial charge in [-0.05, 0) is 43.0 Å². The van der Waals surface area contributed by atoms with Crippen molar-refractivity contribution in [3.63, 3.8) is 0 Å². The number of ketones is 1. The highest BCUT2D eigenvalue weighted by Crippen LogP contribution is 2.36. The number of hydrogen-bond donors (Lipinski definition) is 2. The van der Waals surface area contributed by atoms with Gasteiger partial charge in [-0.1, -0.05) is 13.0 Å². The molecule has 4 aromatic rings. The van der Waals surface area contributed by atoms with Crippen molar-refractivity contribution in [1.82, 2.24) is 29.9 Å². The van der Waals surface area contributed by atoms with E-state index in [4.69, 9.17) is 0 Å². The lowest BCUT2D eigenvalue weighted by Crippen LogP contribution is -2.64. The number of rotatable bonds is 8. The predicted octanol–water partition coefficient (Wildman–Crippen LogP) is 4.05. The van der Waals surface area contributed by atoms with Gasteiger partial charge in [0.15, 0.2) is 23.2 Å². The van der Waals surface area contributed by atoms with Gasteiger partial charge >= 0.3 is 0 Å². The molecule has 0 unspecified atom stereocenters. The number of aromatic amines is 1. The average Bonchev–Trinajstić information content (AvgIpc) is 3.49. The third-order valence-electron chi connectivity index (χ3n) is 6.57. The van der Waals surface area contributed by atoms with Gasteiger partial charge in [-0.25, -0.2) is 23.4 Å². The Morgan fingerprint density at radius 2 is 2.05 bits per heavy atom. The number of alkyl halides is 1. The molecule has 0 bridgehead atoms. The minimum absolute atomic E-state index is 0.0145. The molecule has 1 aliphatic rings. The smallest absolute Gasteiger partial charge is 0.203 e. The molecule has 0 spiro atoms. The highest BCUT2D eigenvalue weighted by atomic mass is 19.1. The van der Waals surface area contributed by atoms with Crippen molar-refractivity contribution in [2.75, 3.05) is 23.3 Å². The molecule has 2 N–H and O–H groups in total. The number of hydrogen-bond acceptors (Lipinski definition) is 8. The van der Waals surface area contributed by atoms with Crippen LogP contribution in [0, 0.1) is 31.0 Å². The molecule has 1 fully saturated rings. The molecular formula is C26H25F2N9O. The lowest BCUT2D eigenvalue weighted by molar-refractivity contribution is -0.132. The molecule has 0 aromatic carbocycles. The number of aromatic nitrogens is 6. The van der Waals surface area contributed by atoms with E-state index < -0.39 is 17.3 Å². The number of carbonyl (C=O) groups excluding carboxylic acids is 1. The third-order valence-corrected chi connectivity index (χ3v) is 6.57. The van der Waals surface area contributed by atoms with Crippen LogP contribution in [0.1, 0.15) is 41.6 Å². The van der Waals surface area contributed by atoms with E-state index in [1.807, 2.05) is 19.9 Å². The second-order valence-corrected chi connectivity index (χ2v) is 9.60. The lowest BCUT2D eigenvalue weighted by Gasteiger charge is -2.44.